The number of fused-ring (bicyclic) bond motifs is 1. The molecule has 3 rings (SSSR count). The molecular formula is C18H23N3O4. The quantitative estimate of drug-likeness (QED) is 0.882. The summed E-state index contributed by atoms with van der Waals surface area (Å²) in [5, 5.41) is 16.9. The van der Waals surface area contributed by atoms with Crippen LogP contribution in [-0.4, -0.2) is 32.7 Å². The van der Waals surface area contributed by atoms with Gasteiger partial charge in [-0.2, -0.15) is 0 Å². The number of hydrogen-bond acceptors (Lipinski definition) is 5. The minimum atomic E-state index is -1.20. The zero-order chi connectivity index (χ0) is 18.2. The van der Waals surface area contributed by atoms with Gasteiger partial charge < -0.3 is 14.9 Å². The van der Waals surface area contributed by atoms with Crippen molar-refractivity contribution >= 4 is 23.0 Å². The second kappa shape index (κ2) is 6.46. The Hall–Kier alpha value is -2.44. The fourth-order valence-electron chi connectivity index (χ4n) is 3.42. The maximum absolute atomic E-state index is 13.0. The minimum Gasteiger partial charge on any atom is -0.480 e. The predicted octanol–water partition coefficient (Wildman–Crippen LogP) is 3.17. The van der Waals surface area contributed by atoms with Crippen molar-refractivity contribution in [2.45, 2.75) is 64.3 Å². The second-order valence-electron chi connectivity index (χ2n) is 7.10. The first kappa shape index (κ1) is 17.4. The first-order valence-corrected chi connectivity index (χ1v) is 8.67. The number of amides is 1. The van der Waals surface area contributed by atoms with Gasteiger partial charge in [-0.15, -0.1) is 0 Å². The molecule has 0 atom stereocenters. The highest BCUT2D eigenvalue weighted by molar-refractivity contribution is 6.07. The van der Waals surface area contributed by atoms with Crippen LogP contribution in [0.15, 0.2) is 10.6 Å². The largest absolute Gasteiger partial charge is 0.480 e. The molecule has 7 nitrogen and oxygen atoms in total. The highest BCUT2D eigenvalue weighted by atomic mass is 16.5. The molecule has 0 aliphatic heterocycles. The van der Waals surface area contributed by atoms with Crippen LogP contribution in [0.3, 0.4) is 0 Å². The van der Waals surface area contributed by atoms with Crippen LogP contribution in [0, 0.1) is 6.92 Å². The average molecular weight is 345 g/mol. The molecule has 2 aromatic rings. The Morgan fingerprint density at radius 2 is 1.96 bits per heavy atom. The molecule has 134 valence electrons. The molecule has 0 bridgehead atoms. The van der Waals surface area contributed by atoms with E-state index in [4.69, 9.17) is 4.52 Å². The first-order chi connectivity index (χ1) is 11.8. The summed E-state index contributed by atoms with van der Waals surface area (Å²) in [4.78, 5) is 29.2. The lowest BCUT2D eigenvalue weighted by Crippen LogP contribution is -2.55. The molecule has 0 spiro atoms. The Kier molecular flexibility index (Phi) is 4.49. The molecule has 2 N–H and O–H groups in total. The van der Waals surface area contributed by atoms with E-state index in [0.717, 1.165) is 19.3 Å². The van der Waals surface area contributed by atoms with Crippen LogP contribution in [0.25, 0.3) is 11.1 Å². The zero-order valence-corrected chi connectivity index (χ0v) is 14.8. The van der Waals surface area contributed by atoms with Gasteiger partial charge in [-0.25, -0.2) is 9.78 Å². The summed E-state index contributed by atoms with van der Waals surface area (Å²) in [7, 11) is 0. The van der Waals surface area contributed by atoms with Crippen molar-refractivity contribution in [1.82, 2.24) is 15.5 Å². The Bertz CT molecular complexity index is 819. The topological polar surface area (TPSA) is 105 Å². The van der Waals surface area contributed by atoms with Crippen LogP contribution >= 0.6 is 0 Å². The summed E-state index contributed by atoms with van der Waals surface area (Å²) in [6.45, 7) is 5.69. The summed E-state index contributed by atoms with van der Waals surface area (Å²) in [6, 6.07) is 1.71. The van der Waals surface area contributed by atoms with E-state index in [0.29, 0.717) is 40.9 Å². The maximum Gasteiger partial charge on any atom is 0.329 e. The zero-order valence-electron chi connectivity index (χ0n) is 14.8. The highest BCUT2D eigenvalue weighted by Crippen LogP contribution is 2.30. The summed E-state index contributed by atoms with van der Waals surface area (Å²) >= 11 is 0. The van der Waals surface area contributed by atoms with Gasteiger partial charge in [0.25, 0.3) is 11.6 Å². The number of hydrogen-bond donors (Lipinski definition) is 2. The molecule has 7 heteroatoms. The molecule has 1 amide bonds. The monoisotopic (exact) mass is 345 g/mol. The number of carboxylic acids is 1. The number of aromatic nitrogens is 2. The molecule has 25 heavy (non-hydrogen) atoms. The van der Waals surface area contributed by atoms with E-state index >= 15 is 0 Å². The number of aliphatic carboxylic acids is 1. The molecule has 1 aliphatic rings. The highest BCUT2D eigenvalue weighted by Gasteiger charge is 2.41. The van der Waals surface area contributed by atoms with Gasteiger partial charge in [0.2, 0.25) is 0 Å². The third-order valence-electron chi connectivity index (χ3n) is 4.94. The standard InChI is InChI=1S/C18H23N3O4/c1-10(2)13-9-12(14-11(3)21-25-16(14)19-13)15(22)20-18(17(23)24)7-5-4-6-8-18/h9-10H,4-8H2,1-3H3,(H,20,22)(H,23,24). The van der Waals surface area contributed by atoms with Crippen molar-refractivity contribution in [2.75, 3.05) is 0 Å². The summed E-state index contributed by atoms with van der Waals surface area (Å²) < 4.78 is 5.24. The van der Waals surface area contributed by atoms with Gasteiger partial charge in [0.1, 0.15) is 5.54 Å². The number of nitrogens with one attached hydrogen (secondary N) is 1. The van der Waals surface area contributed by atoms with E-state index < -0.39 is 17.4 Å². The molecule has 0 radical (unpaired) electrons. The van der Waals surface area contributed by atoms with Gasteiger partial charge in [0.15, 0.2) is 0 Å². The van der Waals surface area contributed by atoms with Gasteiger partial charge in [-0.3, -0.25) is 4.79 Å². The average Bonchev–Trinajstić information content (AvgIpc) is 2.96. The number of nitrogens with zero attached hydrogens (tertiary/aromatic N) is 2. The number of aryl methyl sites for hydroxylation is 1. The van der Waals surface area contributed by atoms with Gasteiger partial charge in [0.05, 0.1) is 16.6 Å². The Morgan fingerprint density at radius 1 is 1.28 bits per heavy atom. The third kappa shape index (κ3) is 3.10. The second-order valence-corrected chi connectivity index (χ2v) is 7.10. The van der Waals surface area contributed by atoms with Crippen molar-refractivity contribution in [1.29, 1.82) is 0 Å². The Labute approximate surface area is 145 Å². The van der Waals surface area contributed by atoms with Crippen LogP contribution in [0.4, 0.5) is 0 Å². The summed E-state index contributed by atoms with van der Waals surface area (Å²) in [5.41, 5.74) is 0.756. The number of carbonyl (C=O) groups excluding carboxylic acids is 1. The molecule has 2 heterocycles. The number of carboxylic acid groups (broad SMARTS) is 1. The molecule has 0 aromatic carbocycles. The van der Waals surface area contributed by atoms with E-state index in [1.165, 1.54) is 0 Å². The van der Waals surface area contributed by atoms with Gasteiger partial charge in [0, 0.05) is 5.69 Å². The lowest BCUT2D eigenvalue weighted by molar-refractivity contribution is -0.145. The van der Waals surface area contributed by atoms with Gasteiger partial charge in [-0.05, 0) is 31.7 Å². The van der Waals surface area contributed by atoms with Crippen molar-refractivity contribution in [3.63, 3.8) is 0 Å². The lowest BCUT2D eigenvalue weighted by Gasteiger charge is -2.34. The molecule has 2 aromatic heterocycles. The Morgan fingerprint density at radius 3 is 2.56 bits per heavy atom. The lowest BCUT2D eigenvalue weighted by atomic mass is 9.81. The molecule has 1 fully saturated rings. The van der Waals surface area contributed by atoms with Crippen LogP contribution in [0.2, 0.25) is 0 Å². The minimum absolute atomic E-state index is 0.101. The molecule has 0 unspecified atom stereocenters. The number of pyridine rings is 1. The molecular weight excluding hydrogens is 322 g/mol. The van der Waals surface area contributed by atoms with E-state index in [2.05, 4.69) is 15.5 Å². The fourth-order valence-corrected chi connectivity index (χ4v) is 3.42. The van der Waals surface area contributed by atoms with Crippen molar-refractivity contribution in [3.05, 3.63) is 23.0 Å². The van der Waals surface area contributed by atoms with E-state index in [-0.39, 0.29) is 5.92 Å². The van der Waals surface area contributed by atoms with Crippen molar-refractivity contribution in [3.8, 4) is 0 Å². The van der Waals surface area contributed by atoms with E-state index in [9.17, 15) is 14.7 Å². The smallest absolute Gasteiger partial charge is 0.329 e. The third-order valence-corrected chi connectivity index (χ3v) is 4.94. The van der Waals surface area contributed by atoms with E-state index in [1.54, 1.807) is 13.0 Å². The number of carbonyl (C=O) groups is 2. The first-order valence-electron chi connectivity index (χ1n) is 8.67. The summed E-state index contributed by atoms with van der Waals surface area (Å²) in [6.07, 6.45) is 3.47. The van der Waals surface area contributed by atoms with Crippen molar-refractivity contribution < 1.29 is 19.2 Å². The van der Waals surface area contributed by atoms with Gasteiger partial charge >= 0.3 is 5.97 Å². The normalized spacial score (nSPS) is 17.0. The maximum atomic E-state index is 13.0. The number of rotatable bonds is 4. The molecule has 1 aliphatic carbocycles. The van der Waals surface area contributed by atoms with E-state index in [1.807, 2.05) is 13.8 Å². The van der Waals surface area contributed by atoms with Crippen LogP contribution in [0.1, 0.15) is 73.6 Å². The van der Waals surface area contributed by atoms with Crippen LogP contribution in [0.5, 0.6) is 0 Å². The van der Waals surface area contributed by atoms with Crippen LogP contribution < -0.4 is 5.32 Å². The van der Waals surface area contributed by atoms with Crippen molar-refractivity contribution in [2.24, 2.45) is 0 Å². The van der Waals surface area contributed by atoms with Gasteiger partial charge in [-0.1, -0.05) is 38.3 Å². The van der Waals surface area contributed by atoms with Crippen LogP contribution in [-0.2, 0) is 4.79 Å². The fraction of sp³-hybridized carbons (Fsp3) is 0.556. The molecule has 1 saturated carbocycles. The SMILES string of the molecule is Cc1noc2nc(C(C)C)cc(C(=O)NC3(C(=O)O)CCCCC3)c12. The Balaban J connectivity index is 2.04. The molecule has 0 saturated heterocycles. The summed E-state index contributed by atoms with van der Waals surface area (Å²) in [5.74, 6) is -1.29. The predicted molar refractivity (Wildman–Crippen MR) is 91.5 cm³/mol.